The molecule has 4 nitrogen and oxygen atoms in total. The summed E-state index contributed by atoms with van der Waals surface area (Å²) >= 11 is 0. The van der Waals surface area contributed by atoms with E-state index in [1.807, 2.05) is 20.8 Å². The Kier molecular flexibility index (Phi) is 6.09. The van der Waals surface area contributed by atoms with Crippen LogP contribution in [0.15, 0.2) is 0 Å². The van der Waals surface area contributed by atoms with E-state index in [9.17, 15) is 4.79 Å². The molecule has 1 aliphatic heterocycles. The summed E-state index contributed by atoms with van der Waals surface area (Å²) < 4.78 is 5.24. The molecule has 1 saturated heterocycles. The molecule has 0 aliphatic carbocycles. The first-order valence-corrected chi connectivity index (χ1v) is 7.02. The van der Waals surface area contributed by atoms with Gasteiger partial charge in [0.15, 0.2) is 0 Å². The van der Waals surface area contributed by atoms with E-state index < -0.39 is 0 Å². The Bertz CT molecular complexity index is 255. The van der Waals surface area contributed by atoms with Crippen molar-refractivity contribution in [2.75, 3.05) is 32.7 Å². The summed E-state index contributed by atoms with van der Waals surface area (Å²) in [5, 5.41) is 3.18. The minimum absolute atomic E-state index is 0.170. The van der Waals surface area contributed by atoms with Crippen LogP contribution in [0.25, 0.3) is 0 Å². The fraction of sp³-hybridized carbons (Fsp3) is 0.929. The van der Waals surface area contributed by atoms with Gasteiger partial charge < -0.3 is 15.0 Å². The van der Waals surface area contributed by atoms with Gasteiger partial charge in [-0.05, 0) is 59.2 Å². The van der Waals surface area contributed by atoms with E-state index in [1.54, 1.807) is 0 Å². The molecule has 1 heterocycles. The van der Waals surface area contributed by atoms with Gasteiger partial charge in [-0.25, -0.2) is 0 Å². The van der Waals surface area contributed by atoms with E-state index in [0.717, 1.165) is 13.1 Å². The molecular formula is C14H28N2O2. The summed E-state index contributed by atoms with van der Waals surface area (Å²) in [5.41, 5.74) is -0.389. The summed E-state index contributed by atoms with van der Waals surface area (Å²) in [5.74, 6) is 0.404. The number of ether oxygens (including phenoxy) is 1. The molecule has 0 aromatic carbocycles. The van der Waals surface area contributed by atoms with Crippen molar-refractivity contribution >= 4 is 5.97 Å². The normalized spacial score (nSPS) is 18.9. The van der Waals surface area contributed by atoms with Crippen LogP contribution in [0.5, 0.6) is 0 Å². The SMILES string of the molecule is CC(CNCC(=O)OC(C)(C)C)CN1CCCC1. The highest BCUT2D eigenvalue weighted by atomic mass is 16.6. The molecule has 1 N–H and O–H groups in total. The molecular weight excluding hydrogens is 228 g/mol. The summed E-state index contributed by atoms with van der Waals surface area (Å²) in [7, 11) is 0. The quantitative estimate of drug-likeness (QED) is 0.734. The molecule has 1 rings (SSSR count). The maximum absolute atomic E-state index is 11.5. The molecule has 0 spiro atoms. The molecule has 0 aromatic heterocycles. The average molecular weight is 256 g/mol. The van der Waals surface area contributed by atoms with Crippen molar-refractivity contribution in [3.8, 4) is 0 Å². The third-order valence-corrected chi connectivity index (χ3v) is 2.95. The summed E-state index contributed by atoms with van der Waals surface area (Å²) in [4.78, 5) is 14.0. The van der Waals surface area contributed by atoms with Crippen LogP contribution in [-0.2, 0) is 9.53 Å². The van der Waals surface area contributed by atoms with Crippen molar-refractivity contribution in [2.45, 2.75) is 46.1 Å². The Hall–Kier alpha value is -0.610. The van der Waals surface area contributed by atoms with Crippen LogP contribution in [0.3, 0.4) is 0 Å². The smallest absolute Gasteiger partial charge is 0.320 e. The second kappa shape index (κ2) is 7.10. The van der Waals surface area contributed by atoms with Gasteiger partial charge in [-0.2, -0.15) is 0 Å². The number of hydrogen-bond acceptors (Lipinski definition) is 4. The van der Waals surface area contributed by atoms with Crippen LogP contribution in [0, 0.1) is 5.92 Å². The van der Waals surface area contributed by atoms with E-state index in [1.165, 1.54) is 25.9 Å². The summed E-state index contributed by atoms with van der Waals surface area (Å²) in [6.07, 6.45) is 2.66. The molecule has 0 amide bonds. The van der Waals surface area contributed by atoms with Crippen molar-refractivity contribution in [3.63, 3.8) is 0 Å². The zero-order chi connectivity index (χ0) is 13.6. The average Bonchev–Trinajstić information content (AvgIpc) is 2.67. The van der Waals surface area contributed by atoms with E-state index in [2.05, 4.69) is 17.1 Å². The van der Waals surface area contributed by atoms with Crippen molar-refractivity contribution in [1.82, 2.24) is 10.2 Å². The van der Waals surface area contributed by atoms with Gasteiger partial charge in [0.05, 0.1) is 6.54 Å². The van der Waals surface area contributed by atoms with Gasteiger partial charge in [0.2, 0.25) is 0 Å². The zero-order valence-electron chi connectivity index (χ0n) is 12.3. The van der Waals surface area contributed by atoms with E-state index in [-0.39, 0.29) is 11.6 Å². The highest BCUT2D eigenvalue weighted by Crippen LogP contribution is 2.10. The predicted octanol–water partition coefficient (Wildman–Crippen LogP) is 1.65. The zero-order valence-corrected chi connectivity index (χ0v) is 12.3. The highest BCUT2D eigenvalue weighted by molar-refractivity contribution is 5.72. The van der Waals surface area contributed by atoms with E-state index >= 15 is 0 Å². The monoisotopic (exact) mass is 256 g/mol. The molecule has 0 bridgehead atoms. The second-order valence-electron chi connectivity index (χ2n) is 6.33. The highest BCUT2D eigenvalue weighted by Gasteiger charge is 2.17. The van der Waals surface area contributed by atoms with Gasteiger partial charge in [0.25, 0.3) is 0 Å². The Morgan fingerprint density at radius 1 is 1.33 bits per heavy atom. The van der Waals surface area contributed by atoms with Gasteiger partial charge in [-0.15, -0.1) is 0 Å². The van der Waals surface area contributed by atoms with Gasteiger partial charge >= 0.3 is 5.97 Å². The first-order chi connectivity index (χ1) is 8.37. The lowest BCUT2D eigenvalue weighted by molar-refractivity contribution is -0.153. The second-order valence-corrected chi connectivity index (χ2v) is 6.33. The fourth-order valence-corrected chi connectivity index (χ4v) is 2.27. The molecule has 1 atom stereocenters. The van der Waals surface area contributed by atoms with Crippen LogP contribution in [0.2, 0.25) is 0 Å². The Balaban J connectivity index is 2.07. The van der Waals surface area contributed by atoms with Crippen molar-refractivity contribution < 1.29 is 9.53 Å². The molecule has 4 heteroatoms. The predicted molar refractivity (Wildman–Crippen MR) is 73.6 cm³/mol. The molecule has 0 radical (unpaired) electrons. The van der Waals surface area contributed by atoms with Crippen molar-refractivity contribution in [3.05, 3.63) is 0 Å². The Labute approximate surface area is 111 Å². The van der Waals surface area contributed by atoms with Crippen LogP contribution in [0.1, 0.15) is 40.5 Å². The number of rotatable bonds is 6. The third kappa shape index (κ3) is 6.97. The third-order valence-electron chi connectivity index (χ3n) is 2.95. The summed E-state index contributed by atoms with van der Waals surface area (Å²) in [6.45, 7) is 12.7. The first-order valence-electron chi connectivity index (χ1n) is 7.02. The standard InChI is InChI=1S/C14H28N2O2/c1-12(11-16-7-5-6-8-16)9-15-10-13(17)18-14(2,3)4/h12,15H,5-11H2,1-4H3. The molecule has 0 aromatic rings. The number of carbonyl (C=O) groups is 1. The number of hydrogen-bond donors (Lipinski definition) is 1. The topological polar surface area (TPSA) is 41.6 Å². The van der Waals surface area contributed by atoms with E-state index in [4.69, 9.17) is 4.74 Å². The Morgan fingerprint density at radius 2 is 1.94 bits per heavy atom. The first kappa shape index (κ1) is 15.4. The van der Waals surface area contributed by atoms with Crippen LogP contribution >= 0.6 is 0 Å². The van der Waals surface area contributed by atoms with Gasteiger partial charge in [-0.1, -0.05) is 6.92 Å². The largest absolute Gasteiger partial charge is 0.459 e. The van der Waals surface area contributed by atoms with Gasteiger partial charge in [0.1, 0.15) is 5.60 Å². The minimum Gasteiger partial charge on any atom is -0.459 e. The van der Waals surface area contributed by atoms with Gasteiger partial charge in [-0.3, -0.25) is 4.79 Å². The summed E-state index contributed by atoms with van der Waals surface area (Å²) in [6, 6.07) is 0. The number of carbonyl (C=O) groups excluding carboxylic acids is 1. The lowest BCUT2D eigenvalue weighted by atomic mass is 10.1. The number of esters is 1. The molecule has 18 heavy (non-hydrogen) atoms. The lowest BCUT2D eigenvalue weighted by Crippen LogP contribution is -2.36. The van der Waals surface area contributed by atoms with Crippen molar-refractivity contribution in [1.29, 1.82) is 0 Å². The molecule has 1 unspecified atom stereocenters. The fourth-order valence-electron chi connectivity index (χ4n) is 2.27. The number of nitrogens with one attached hydrogen (secondary N) is 1. The lowest BCUT2D eigenvalue weighted by Gasteiger charge is -2.22. The maximum atomic E-state index is 11.5. The van der Waals surface area contributed by atoms with Gasteiger partial charge in [0, 0.05) is 6.54 Å². The van der Waals surface area contributed by atoms with E-state index in [0.29, 0.717) is 12.5 Å². The van der Waals surface area contributed by atoms with Crippen LogP contribution < -0.4 is 5.32 Å². The number of likely N-dealkylation sites (tertiary alicyclic amines) is 1. The molecule has 1 fully saturated rings. The molecule has 0 saturated carbocycles. The number of nitrogens with zero attached hydrogens (tertiary/aromatic N) is 1. The minimum atomic E-state index is -0.389. The van der Waals surface area contributed by atoms with Crippen LogP contribution in [0.4, 0.5) is 0 Å². The molecule has 106 valence electrons. The maximum Gasteiger partial charge on any atom is 0.320 e. The van der Waals surface area contributed by atoms with Crippen molar-refractivity contribution in [2.24, 2.45) is 5.92 Å². The Morgan fingerprint density at radius 3 is 2.50 bits per heavy atom. The molecule has 1 aliphatic rings. The van der Waals surface area contributed by atoms with Crippen LogP contribution in [-0.4, -0.2) is 49.2 Å².